The van der Waals surface area contributed by atoms with Crippen molar-refractivity contribution in [1.29, 1.82) is 0 Å². The number of rotatable bonds is 6. The third-order valence-electron chi connectivity index (χ3n) is 6.38. The van der Waals surface area contributed by atoms with Crippen molar-refractivity contribution in [2.75, 3.05) is 32.7 Å². The van der Waals surface area contributed by atoms with E-state index in [0.717, 1.165) is 58.3 Å². The summed E-state index contributed by atoms with van der Waals surface area (Å²) >= 11 is 0. The fourth-order valence-electron chi connectivity index (χ4n) is 4.66. The number of amides is 2. The topological polar surface area (TPSA) is 65.8 Å². The summed E-state index contributed by atoms with van der Waals surface area (Å²) in [5, 5.41) is 3.13. The predicted molar refractivity (Wildman–Crippen MR) is 115 cm³/mol. The van der Waals surface area contributed by atoms with Gasteiger partial charge in [-0.05, 0) is 56.3 Å². The minimum absolute atomic E-state index is 0.0206. The fourth-order valence-corrected chi connectivity index (χ4v) is 4.66. The van der Waals surface area contributed by atoms with E-state index in [1.807, 2.05) is 23.1 Å². The van der Waals surface area contributed by atoms with E-state index in [4.69, 9.17) is 4.42 Å². The lowest BCUT2D eigenvalue weighted by Gasteiger charge is -2.41. The number of carbonyl (C=O) groups is 2. The van der Waals surface area contributed by atoms with Crippen molar-refractivity contribution >= 4 is 11.8 Å². The summed E-state index contributed by atoms with van der Waals surface area (Å²) in [5.41, 5.74) is 1.25. The van der Waals surface area contributed by atoms with Crippen molar-refractivity contribution in [2.45, 2.75) is 38.1 Å². The molecule has 6 heteroatoms. The van der Waals surface area contributed by atoms with Crippen LogP contribution in [-0.2, 0) is 11.2 Å². The molecule has 0 aliphatic carbocycles. The van der Waals surface area contributed by atoms with Crippen LogP contribution in [0.4, 0.5) is 0 Å². The number of carbonyl (C=O) groups excluding carboxylic acids is 2. The van der Waals surface area contributed by atoms with Gasteiger partial charge in [0.2, 0.25) is 5.91 Å². The molecule has 1 aromatic heterocycles. The molecule has 1 aromatic carbocycles. The lowest BCUT2D eigenvalue weighted by Crippen LogP contribution is -2.51. The molecule has 1 N–H and O–H groups in total. The summed E-state index contributed by atoms with van der Waals surface area (Å²) in [6.07, 6.45) is 6.33. The van der Waals surface area contributed by atoms with E-state index in [1.54, 1.807) is 18.4 Å². The van der Waals surface area contributed by atoms with Gasteiger partial charge in [0.05, 0.1) is 12.2 Å². The zero-order valence-electron chi connectivity index (χ0n) is 17.5. The van der Waals surface area contributed by atoms with Crippen LogP contribution >= 0.6 is 0 Å². The van der Waals surface area contributed by atoms with Crippen molar-refractivity contribution in [3.05, 3.63) is 60.1 Å². The van der Waals surface area contributed by atoms with Crippen LogP contribution in [0.1, 0.15) is 41.8 Å². The van der Waals surface area contributed by atoms with Gasteiger partial charge in [-0.25, -0.2) is 0 Å². The van der Waals surface area contributed by atoms with Crippen molar-refractivity contribution in [3.63, 3.8) is 0 Å². The number of nitrogens with zero attached hydrogens (tertiary/aromatic N) is 2. The Morgan fingerprint density at radius 1 is 1.00 bits per heavy atom. The van der Waals surface area contributed by atoms with Crippen LogP contribution in [0.3, 0.4) is 0 Å². The van der Waals surface area contributed by atoms with E-state index in [2.05, 4.69) is 22.3 Å². The first-order valence-electron chi connectivity index (χ1n) is 11.1. The van der Waals surface area contributed by atoms with Gasteiger partial charge in [0, 0.05) is 32.2 Å². The Labute approximate surface area is 178 Å². The fraction of sp³-hybridized carbons (Fsp3) is 0.500. The summed E-state index contributed by atoms with van der Waals surface area (Å²) in [4.78, 5) is 29.5. The molecule has 30 heavy (non-hydrogen) atoms. The Hall–Kier alpha value is -2.60. The molecule has 2 amide bonds. The minimum Gasteiger partial charge on any atom is -0.459 e. The average molecular weight is 410 g/mol. The zero-order valence-corrected chi connectivity index (χ0v) is 17.5. The molecule has 2 aliphatic heterocycles. The molecule has 2 fully saturated rings. The molecule has 160 valence electrons. The quantitative estimate of drug-likeness (QED) is 0.797. The molecule has 2 aromatic rings. The third-order valence-corrected chi connectivity index (χ3v) is 6.38. The summed E-state index contributed by atoms with van der Waals surface area (Å²) in [5.74, 6) is 0.643. The van der Waals surface area contributed by atoms with Gasteiger partial charge in [0.1, 0.15) is 0 Å². The second-order valence-corrected chi connectivity index (χ2v) is 8.36. The maximum absolute atomic E-state index is 12.7. The monoisotopic (exact) mass is 409 g/mol. The summed E-state index contributed by atoms with van der Waals surface area (Å²) < 4.78 is 5.25. The third kappa shape index (κ3) is 5.11. The van der Waals surface area contributed by atoms with Crippen LogP contribution in [0.5, 0.6) is 0 Å². The number of likely N-dealkylation sites (tertiary alicyclic amines) is 2. The Bertz CT molecular complexity index is 813. The van der Waals surface area contributed by atoms with Crippen LogP contribution in [0.25, 0.3) is 0 Å². The van der Waals surface area contributed by atoms with Gasteiger partial charge in [-0.15, -0.1) is 0 Å². The molecule has 0 spiro atoms. The summed E-state index contributed by atoms with van der Waals surface area (Å²) in [6.45, 7) is 4.05. The summed E-state index contributed by atoms with van der Waals surface area (Å²) in [6, 6.07) is 14.2. The standard InChI is InChI=1S/C24H31N3O3/c28-23(25-13-10-19-6-2-1-3-7-19)20-8-4-14-27(18-20)21-11-15-26(16-12-21)24(29)22-9-5-17-30-22/h1-3,5-7,9,17,20-21H,4,8,10-16,18H2,(H,25,28)/t20-/m0/s1. The highest BCUT2D eigenvalue weighted by Gasteiger charge is 2.33. The number of nitrogens with one attached hydrogen (secondary N) is 1. The number of hydrogen-bond donors (Lipinski definition) is 1. The largest absolute Gasteiger partial charge is 0.459 e. The molecule has 2 saturated heterocycles. The maximum Gasteiger partial charge on any atom is 0.289 e. The molecule has 3 heterocycles. The molecule has 0 bridgehead atoms. The highest BCUT2D eigenvalue weighted by molar-refractivity contribution is 5.91. The lowest BCUT2D eigenvalue weighted by atomic mass is 9.93. The first kappa shape index (κ1) is 20.7. The summed E-state index contributed by atoms with van der Waals surface area (Å²) in [7, 11) is 0. The van der Waals surface area contributed by atoms with Gasteiger partial charge in [0.15, 0.2) is 5.76 Å². The first-order valence-corrected chi connectivity index (χ1v) is 11.1. The minimum atomic E-state index is -0.0206. The number of piperidine rings is 2. The van der Waals surface area contributed by atoms with Crippen molar-refractivity contribution in [1.82, 2.24) is 15.1 Å². The van der Waals surface area contributed by atoms with Gasteiger partial charge in [-0.1, -0.05) is 30.3 Å². The van der Waals surface area contributed by atoms with Gasteiger partial charge in [-0.2, -0.15) is 0 Å². The van der Waals surface area contributed by atoms with Crippen molar-refractivity contribution in [2.24, 2.45) is 5.92 Å². The van der Waals surface area contributed by atoms with E-state index in [-0.39, 0.29) is 17.7 Å². The van der Waals surface area contributed by atoms with E-state index in [0.29, 0.717) is 18.3 Å². The molecular weight excluding hydrogens is 378 g/mol. The lowest BCUT2D eigenvalue weighted by molar-refractivity contribution is -0.127. The average Bonchev–Trinajstić information content (AvgIpc) is 3.34. The number of benzene rings is 1. The maximum atomic E-state index is 12.7. The van der Waals surface area contributed by atoms with Gasteiger partial charge in [0.25, 0.3) is 5.91 Å². The van der Waals surface area contributed by atoms with Gasteiger partial charge < -0.3 is 14.6 Å². The highest BCUT2D eigenvalue weighted by Crippen LogP contribution is 2.25. The number of furan rings is 1. The Kier molecular flexibility index (Phi) is 6.84. The Balaban J connectivity index is 1.22. The Morgan fingerprint density at radius 2 is 1.80 bits per heavy atom. The molecule has 0 saturated carbocycles. The molecule has 1 atom stereocenters. The van der Waals surface area contributed by atoms with Gasteiger partial charge >= 0.3 is 0 Å². The molecule has 6 nitrogen and oxygen atoms in total. The van der Waals surface area contributed by atoms with Crippen LogP contribution in [0.15, 0.2) is 53.1 Å². The van der Waals surface area contributed by atoms with E-state index >= 15 is 0 Å². The molecule has 2 aliphatic rings. The van der Waals surface area contributed by atoms with Crippen molar-refractivity contribution in [3.8, 4) is 0 Å². The van der Waals surface area contributed by atoms with Gasteiger partial charge in [-0.3, -0.25) is 14.5 Å². The molecule has 4 rings (SSSR count). The number of hydrogen-bond acceptors (Lipinski definition) is 4. The Morgan fingerprint density at radius 3 is 2.53 bits per heavy atom. The van der Waals surface area contributed by atoms with Crippen LogP contribution < -0.4 is 5.32 Å². The van der Waals surface area contributed by atoms with E-state index in [1.165, 1.54) is 5.56 Å². The van der Waals surface area contributed by atoms with E-state index < -0.39 is 0 Å². The molecule has 0 unspecified atom stereocenters. The van der Waals surface area contributed by atoms with Crippen LogP contribution in [0.2, 0.25) is 0 Å². The molecule has 0 radical (unpaired) electrons. The zero-order chi connectivity index (χ0) is 20.8. The molecular formula is C24H31N3O3. The van der Waals surface area contributed by atoms with Crippen LogP contribution in [-0.4, -0.2) is 60.4 Å². The first-order chi connectivity index (χ1) is 14.7. The van der Waals surface area contributed by atoms with E-state index in [9.17, 15) is 9.59 Å². The normalized spacial score (nSPS) is 20.8. The predicted octanol–water partition coefficient (Wildman–Crippen LogP) is 2.96. The smallest absolute Gasteiger partial charge is 0.289 e. The second-order valence-electron chi connectivity index (χ2n) is 8.36. The highest BCUT2D eigenvalue weighted by atomic mass is 16.3. The van der Waals surface area contributed by atoms with Crippen LogP contribution in [0, 0.1) is 5.92 Å². The SMILES string of the molecule is O=C(NCCc1ccccc1)[C@H]1CCCN(C2CCN(C(=O)c3ccco3)CC2)C1. The second kappa shape index (κ2) is 9.94. The van der Waals surface area contributed by atoms with Crippen molar-refractivity contribution < 1.29 is 14.0 Å².